The lowest BCUT2D eigenvalue weighted by Gasteiger charge is -2.03. The Morgan fingerprint density at radius 3 is 2.58 bits per heavy atom. The van der Waals surface area contributed by atoms with Crippen LogP contribution in [0.1, 0.15) is 31.7 Å². The van der Waals surface area contributed by atoms with Crippen molar-refractivity contribution in [3.8, 4) is 0 Å². The van der Waals surface area contributed by atoms with E-state index in [9.17, 15) is 0 Å². The van der Waals surface area contributed by atoms with E-state index in [1.807, 2.05) is 0 Å². The number of halogens is 1. The van der Waals surface area contributed by atoms with Gasteiger partial charge in [0.25, 0.3) is 0 Å². The molecule has 0 nitrogen and oxygen atoms in total. The van der Waals surface area contributed by atoms with Crippen molar-refractivity contribution in [3.05, 3.63) is 34.3 Å². The monoisotopic (exact) mass is 224 g/mol. The highest BCUT2D eigenvalue weighted by molar-refractivity contribution is 9.10. The van der Waals surface area contributed by atoms with Gasteiger partial charge < -0.3 is 0 Å². The summed E-state index contributed by atoms with van der Waals surface area (Å²) >= 11 is 3.50. The van der Waals surface area contributed by atoms with E-state index in [0.29, 0.717) is 5.41 Å². The fourth-order valence-electron chi connectivity index (χ4n) is 1.76. The summed E-state index contributed by atoms with van der Waals surface area (Å²) in [5.41, 5.74) is 2.02. The van der Waals surface area contributed by atoms with Gasteiger partial charge in [0.05, 0.1) is 0 Å². The predicted octanol–water partition coefficient (Wildman–Crippen LogP) is 3.96. The molecule has 2 rings (SSSR count). The molecular formula is C11H13Br. The van der Waals surface area contributed by atoms with Gasteiger partial charge in [0, 0.05) is 4.47 Å². The van der Waals surface area contributed by atoms with Gasteiger partial charge in [0.2, 0.25) is 0 Å². The third kappa shape index (κ3) is 1.42. The summed E-state index contributed by atoms with van der Waals surface area (Å²) in [7, 11) is 0. The molecule has 0 N–H and O–H groups in total. The topological polar surface area (TPSA) is 0 Å². The molecule has 0 radical (unpaired) electrons. The molecule has 1 atom stereocenters. The van der Waals surface area contributed by atoms with Crippen molar-refractivity contribution in [2.75, 3.05) is 0 Å². The Bertz CT molecular complexity index is 302. The lowest BCUT2D eigenvalue weighted by atomic mass is 10.0. The van der Waals surface area contributed by atoms with Crippen molar-refractivity contribution in [2.24, 2.45) is 5.41 Å². The summed E-state index contributed by atoms with van der Waals surface area (Å²) in [6, 6.07) is 8.66. The maximum absolute atomic E-state index is 3.50. The Hall–Kier alpha value is -0.300. The van der Waals surface area contributed by atoms with E-state index in [1.165, 1.54) is 16.5 Å². The molecule has 0 spiro atoms. The number of hydrogen-bond donors (Lipinski definition) is 0. The molecule has 1 aromatic rings. The quantitative estimate of drug-likeness (QED) is 0.678. The Morgan fingerprint density at radius 2 is 2.08 bits per heavy atom. The van der Waals surface area contributed by atoms with Crippen molar-refractivity contribution < 1.29 is 0 Å². The fourth-order valence-corrected chi connectivity index (χ4v) is 2.18. The van der Waals surface area contributed by atoms with Crippen LogP contribution in [0, 0.1) is 5.41 Å². The zero-order valence-corrected chi connectivity index (χ0v) is 9.06. The van der Waals surface area contributed by atoms with Crippen molar-refractivity contribution >= 4 is 15.9 Å². The minimum Gasteiger partial charge on any atom is -0.0609 e. The van der Waals surface area contributed by atoms with Gasteiger partial charge in [-0.3, -0.25) is 0 Å². The third-order valence-electron chi connectivity index (χ3n) is 2.76. The first-order valence-electron chi connectivity index (χ1n) is 4.35. The van der Waals surface area contributed by atoms with Crippen molar-refractivity contribution in [1.29, 1.82) is 0 Å². The number of hydrogen-bond acceptors (Lipinski definition) is 0. The molecule has 1 heteroatoms. The zero-order valence-electron chi connectivity index (χ0n) is 7.47. The van der Waals surface area contributed by atoms with Crippen molar-refractivity contribution in [3.63, 3.8) is 0 Å². The van der Waals surface area contributed by atoms with Crippen LogP contribution in [0.3, 0.4) is 0 Å². The summed E-state index contributed by atoms with van der Waals surface area (Å²) < 4.78 is 1.20. The lowest BCUT2D eigenvalue weighted by Crippen LogP contribution is -1.89. The lowest BCUT2D eigenvalue weighted by molar-refractivity contribution is 0.621. The van der Waals surface area contributed by atoms with Crippen LogP contribution in [0.5, 0.6) is 0 Å². The van der Waals surface area contributed by atoms with Gasteiger partial charge in [-0.15, -0.1) is 0 Å². The van der Waals surface area contributed by atoms with Gasteiger partial charge in [0.15, 0.2) is 0 Å². The maximum atomic E-state index is 3.50. The highest BCUT2D eigenvalue weighted by Gasteiger charge is 2.46. The second-order valence-electron chi connectivity index (χ2n) is 4.30. The average Bonchev–Trinajstić information content (AvgIpc) is 2.60. The minimum absolute atomic E-state index is 0.542. The molecule has 0 bridgehead atoms. The maximum Gasteiger partial charge on any atom is 0.0178 e. The van der Waals surface area contributed by atoms with E-state index in [2.05, 4.69) is 54.0 Å². The van der Waals surface area contributed by atoms with E-state index < -0.39 is 0 Å². The van der Waals surface area contributed by atoms with Gasteiger partial charge in [-0.05, 0) is 35.4 Å². The SMILES string of the molecule is CC1(C)CC1c1cccc(Br)c1. The van der Waals surface area contributed by atoms with Crippen molar-refractivity contribution in [1.82, 2.24) is 0 Å². The number of benzene rings is 1. The molecule has 1 aliphatic rings. The fraction of sp³-hybridized carbons (Fsp3) is 0.455. The molecule has 1 unspecified atom stereocenters. The van der Waals surface area contributed by atoms with Crippen LogP contribution in [0.4, 0.5) is 0 Å². The highest BCUT2D eigenvalue weighted by atomic mass is 79.9. The highest BCUT2D eigenvalue weighted by Crippen LogP contribution is 2.58. The smallest absolute Gasteiger partial charge is 0.0178 e. The first-order chi connectivity index (χ1) is 5.59. The molecule has 1 fully saturated rings. The molecule has 0 saturated heterocycles. The molecule has 1 aliphatic carbocycles. The molecule has 0 aromatic heterocycles. The summed E-state index contributed by atoms with van der Waals surface area (Å²) in [6.07, 6.45) is 1.34. The van der Waals surface area contributed by atoms with Gasteiger partial charge >= 0.3 is 0 Å². The summed E-state index contributed by atoms with van der Waals surface area (Å²) in [6.45, 7) is 4.66. The minimum atomic E-state index is 0.542. The summed E-state index contributed by atoms with van der Waals surface area (Å²) in [5.74, 6) is 0.787. The second-order valence-corrected chi connectivity index (χ2v) is 5.22. The number of rotatable bonds is 1. The Balaban J connectivity index is 2.26. The van der Waals surface area contributed by atoms with E-state index >= 15 is 0 Å². The first kappa shape index (κ1) is 8.31. The van der Waals surface area contributed by atoms with Crippen molar-refractivity contribution in [2.45, 2.75) is 26.2 Å². The molecule has 12 heavy (non-hydrogen) atoms. The molecule has 64 valence electrons. The van der Waals surface area contributed by atoms with Crippen LogP contribution in [-0.2, 0) is 0 Å². The third-order valence-corrected chi connectivity index (χ3v) is 3.26. The molecule has 1 aromatic carbocycles. The second kappa shape index (κ2) is 2.59. The molecule has 1 saturated carbocycles. The van der Waals surface area contributed by atoms with E-state index in [0.717, 1.165) is 5.92 Å². The Labute approximate surface area is 82.1 Å². The van der Waals surface area contributed by atoms with Gasteiger partial charge in [-0.1, -0.05) is 41.9 Å². The van der Waals surface area contributed by atoms with Crippen LogP contribution in [0.15, 0.2) is 28.7 Å². The summed E-state index contributed by atoms with van der Waals surface area (Å²) in [4.78, 5) is 0. The molecule has 0 amide bonds. The normalized spacial score (nSPS) is 25.4. The van der Waals surface area contributed by atoms with Gasteiger partial charge in [-0.2, -0.15) is 0 Å². The van der Waals surface area contributed by atoms with Crippen LogP contribution in [-0.4, -0.2) is 0 Å². The van der Waals surface area contributed by atoms with Crippen LogP contribution in [0.2, 0.25) is 0 Å². The largest absolute Gasteiger partial charge is 0.0609 e. The predicted molar refractivity (Wildman–Crippen MR) is 55.3 cm³/mol. The Kier molecular flexibility index (Phi) is 1.80. The van der Waals surface area contributed by atoms with Crippen LogP contribution < -0.4 is 0 Å². The van der Waals surface area contributed by atoms with Gasteiger partial charge in [0.1, 0.15) is 0 Å². The van der Waals surface area contributed by atoms with E-state index in [1.54, 1.807) is 0 Å². The molecule has 0 aliphatic heterocycles. The molecular weight excluding hydrogens is 212 g/mol. The summed E-state index contributed by atoms with van der Waals surface area (Å²) in [5, 5.41) is 0. The van der Waals surface area contributed by atoms with Crippen LogP contribution in [0.25, 0.3) is 0 Å². The zero-order chi connectivity index (χ0) is 8.77. The Morgan fingerprint density at radius 1 is 1.42 bits per heavy atom. The van der Waals surface area contributed by atoms with E-state index in [-0.39, 0.29) is 0 Å². The molecule has 0 heterocycles. The standard InChI is InChI=1S/C11H13Br/c1-11(2)7-10(11)8-4-3-5-9(12)6-8/h3-6,10H,7H2,1-2H3. The first-order valence-corrected chi connectivity index (χ1v) is 5.14. The van der Waals surface area contributed by atoms with Crippen LogP contribution >= 0.6 is 15.9 Å². The average molecular weight is 225 g/mol. The van der Waals surface area contributed by atoms with Gasteiger partial charge in [-0.25, -0.2) is 0 Å². The van der Waals surface area contributed by atoms with E-state index in [4.69, 9.17) is 0 Å².